The zero-order valence-corrected chi connectivity index (χ0v) is 23.3. The molecule has 0 spiro atoms. The molecule has 10 nitrogen and oxygen atoms in total. The first-order valence-corrected chi connectivity index (χ1v) is 13.5. The molecule has 1 aliphatic rings. The molecule has 0 amide bonds. The van der Waals surface area contributed by atoms with E-state index in [4.69, 9.17) is 15.5 Å². The van der Waals surface area contributed by atoms with E-state index in [1.165, 1.54) is 4.57 Å². The van der Waals surface area contributed by atoms with Crippen molar-refractivity contribution in [3.63, 3.8) is 0 Å². The number of nitrogens with one attached hydrogen (secondary N) is 1. The molecule has 10 heteroatoms. The van der Waals surface area contributed by atoms with Gasteiger partial charge in [0.1, 0.15) is 17.0 Å². The molecule has 1 fully saturated rings. The lowest BCUT2D eigenvalue weighted by molar-refractivity contribution is 0.312. The zero-order chi connectivity index (χ0) is 28.5. The van der Waals surface area contributed by atoms with Gasteiger partial charge < -0.3 is 25.6 Å². The molecule has 1 aliphatic heterocycles. The van der Waals surface area contributed by atoms with Gasteiger partial charge in [0, 0.05) is 49.2 Å². The predicted molar refractivity (Wildman–Crippen MR) is 164 cm³/mol. The Morgan fingerprint density at radius 1 is 0.951 bits per heavy atom. The van der Waals surface area contributed by atoms with Gasteiger partial charge in [-0.15, -0.1) is 0 Å². The van der Waals surface area contributed by atoms with Gasteiger partial charge in [0.2, 0.25) is 5.95 Å². The number of hydrogen-bond donors (Lipinski definition) is 2. The van der Waals surface area contributed by atoms with E-state index in [0.717, 1.165) is 43.1 Å². The Hall–Kier alpha value is -4.96. The fourth-order valence-electron chi connectivity index (χ4n) is 5.18. The Morgan fingerprint density at radius 3 is 2.46 bits per heavy atom. The molecule has 0 radical (unpaired) electrons. The maximum atomic E-state index is 13.9. The summed E-state index contributed by atoms with van der Waals surface area (Å²) in [6.07, 6.45) is 1.62. The third-order valence-corrected chi connectivity index (χ3v) is 7.38. The predicted octanol–water partition coefficient (Wildman–Crippen LogP) is 4.24. The molecule has 0 bridgehead atoms. The average molecular weight is 549 g/mol. The highest BCUT2D eigenvalue weighted by atomic mass is 16.5. The Morgan fingerprint density at radius 2 is 1.73 bits per heavy atom. The van der Waals surface area contributed by atoms with Crippen LogP contribution in [-0.2, 0) is 0 Å². The molecule has 3 N–H and O–H groups in total. The largest absolute Gasteiger partial charge is 0.494 e. The number of ether oxygens (including phenoxy) is 1. The SMILES string of the molecule is COc1cc(N2CCN(C)CC2)c(C)cc1Nc1ncc2nc(-c3ccccc3)c(=O)n(-c3cccc(N)c3)c2n1. The van der Waals surface area contributed by atoms with Crippen LogP contribution in [0.1, 0.15) is 5.56 Å². The van der Waals surface area contributed by atoms with Gasteiger partial charge in [-0.05, 0) is 43.8 Å². The molecule has 0 saturated carbocycles. The number of piperazine rings is 1. The number of benzene rings is 3. The van der Waals surface area contributed by atoms with Gasteiger partial charge >= 0.3 is 0 Å². The standard InChI is InChI=1S/C31H32N8O2/c1-20-16-24(27(41-3)18-26(20)38-14-12-37(2)13-15-38)35-31-33-19-25-29(36-31)39(23-11-7-10-22(32)17-23)30(40)28(34-25)21-8-5-4-6-9-21/h4-11,16-19H,12-15,32H2,1-3H3,(H,33,35,36). The summed E-state index contributed by atoms with van der Waals surface area (Å²) in [6.45, 7) is 6.04. The van der Waals surface area contributed by atoms with Crippen LogP contribution in [0.3, 0.4) is 0 Å². The summed E-state index contributed by atoms with van der Waals surface area (Å²) in [6, 6.07) is 20.6. The minimum absolute atomic E-state index is 0.302. The van der Waals surface area contributed by atoms with Gasteiger partial charge in [-0.25, -0.2) is 9.97 Å². The van der Waals surface area contributed by atoms with E-state index in [1.807, 2.05) is 48.5 Å². The first-order chi connectivity index (χ1) is 19.9. The summed E-state index contributed by atoms with van der Waals surface area (Å²) in [5.74, 6) is 0.993. The Kier molecular flexibility index (Phi) is 6.98. The van der Waals surface area contributed by atoms with Crippen LogP contribution in [0.4, 0.5) is 23.0 Å². The van der Waals surface area contributed by atoms with E-state index in [-0.39, 0.29) is 5.56 Å². The maximum absolute atomic E-state index is 13.9. The highest BCUT2D eigenvalue weighted by Gasteiger charge is 2.20. The third-order valence-electron chi connectivity index (χ3n) is 7.38. The fraction of sp³-hybridized carbons (Fsp3) is 0.226. The second-order valence-corrected chi connectivity index (χ2v) is 10.2. The van der Waals surface area contributed by atoms with Gasteiger partial charge in [-0.1, -0.05) is 36.4 Å². The summed E-state index contributed by atoms with van der Waals surface area (Å²) in [5.41, 5.74) is 11.8. The Labute approximate surface area is 238 Å². The number of rotatable bonds is 6. The summed E-state index contributed by atoms with van der Waals surface area (Å²) < 4.78 is 7.30. The van der Waals surface area contributed by atoms with Crippen LogP contribution in [0, 0.1) is 6.92 Å². The number of aryl methyl sites for hydroxylation is 1. The van der Waals surface area contributed by atoms with Crippen molar-refractivity contribution in [3.05, 3.63) is 88.8 Å². The first-order valence-electron chi connectivity index (χ1n) is 13.5. The summed E-state index contributed by atoms with van der Waals surface area (Å²) in [4.78, 5) is 32.6. The van der Waals surface area contributed by atoms with E-state index in [2.05, 4.69) is 45.1 Å². The topological polar surface area (TPSA) is 114 Å². The Bertz CT molecular complexity index is 1780. The zero-order valence-electron chi connectivity index (χ0n) is 23.3. The van der Waals surface area contributed by atoms with Crippen LogP contribution in [0.25, 0.3) is 28.1 Å². The van der Waals surface area contributed by atoms with Crippen molar-refractivity contribution >= 4 is 34.2 Å². The van der Waals surface area contributed by atoms with E-state index in [9.17, 15) is 4.79 Å². The number of nitrogen functional groups attached to an aromatic ring is 1. The van der Waals surface area contributed by atoms with E-state index in [0.29, 0.717) is 45.5 Å². The highest BCUT2D eigenvalue weighted by Crippen LogP contribution is 2.35. The van der Waals surface area contributed by atoms with Crippen molar-refractivity contribution in [3.8, 4) is 22.7 Å². The second kappa shape index (κ2) is 10.9. The highest BCUT2D eigenvalue weighted by molar-refractivity contribution is 5.78. The number of fused-ring (bicyclic) bond motifs is 1. The van der Waals surface area contributed by atoms with Crippen LogP contribution < -0.4 is 26.2 Å². The smallest absolute Gasteiger partial charge is 0.283 e. The molecule has 3 heterocycles. The van der Waals surface area contributed by atoms with Crippen molar-refractivity contribution in [1.82, 2.24) is 24.4 Å². The molecule has 3 aromatic carbocycles. The van der Waals surface area contributed by atoms with Gasteiger partial charge in [0.05, 0.1) is 24.7 Å². The average Bonchev–Trinajstić information content (AvgIpc) is 2.98. The number of likely N-dealkylation sites (N-methyl/N-ethyl adjacent to an activating group) is 1. The van der Waals surface area contributed by atoms with Crippen molar-refractivity contribution in [1.29, 1.82) is 0 Å². The lowest BCUT2D eigenvalue weighted by Crippen LogP contribution is -2.44. The van der Waals surface area contributed by atoms with Gasteiger partial charge in [0.25, 0.3) is 5.56 Å². The number of nitrogens with zero attached hydrogens (tertiary/aromatic N) is 6. The molecule has 0 atom stereocenters. The van der Waals surface area contributed by atoms with Crippen molar-refractivity contribution in [2.75, 3.05) is 56.3 Å². The summed E-state index contributed by atoms with van der Waals surface area (Å²) >= 11 is 0. The molecule has 6 rings (SSSR count). The van der Waals surface area contributed by atoms with E-state index < -0.39 is 0 Å². The normalized spacial score (nSPS) is 13.9. The number of methoxy groups -OCH3 is 1. The van der Waals surface area contributed by atoms with Crippen molar-refractivity contribution in [2.45, 2.75) is 6.92 Å². The molecular formula is C31H32N8O2. The van der Waals surface area contributed by atoms with Crippen LogP contribution in [0.2, 0.25) is 0 Å². The Balaban J connectivity index is 1.44. The molecule has 5 aromatic rings. The molecule has 0 unspecified atom stereocenters. The van der Waals surface area contributed by atoms with Gasteiger partial charge in [0.15, 0.2) is 5.65 Å². The number of anilines is 4. The van der Waals surface area contributed by atoms with Crippen LogP contribution in [0.15, 0.2) is 77.7 Å². The van der Waals surface area contributed by atoms with Crippen LogP contribution >= 0.6 is 0 Å². The molecule has 208 valence electrons. The molecular weight excluding hydrogens is 516 g/mol. The monoisotopic (exact) mass is 548 g/mol. The summed E-state index contributed by atoms with van der Waals surface area (Å²) in [7, 11) is 3.79. The second-order valence-electron chi connectivity index (χ2n) is 10.2. The quantitative estimate of drug-likeness (QED) is 0.301. The molecule has 41 heavy (non-hydrogen) atoms. The minimum atomic E-state index is -0.302. The minimum Gasteiger partial charge on any atom is -0.494 e. The van der Waals surface area contributed by atoms with Crippen molar-refractivity contribution < 1.29 is 4.74 Å². The first kappa shape index (κ1) is 26.3. The van der Waals surface area contributed by atoms with E-state index >= 15 is 0 Å². The molecule has 2 aromatic heterocycles. The number of hydrogen-bond acceptors (Lipinski definition) is 9. The van der Waals surface area contributed by atoms with E-state index in [1.54, 1.807) is 25.4 Å². The van der Waals surface area contributed by atoms with Gasteiger partial charge in [-0.2, -0.15) is 4.98 Å². The van der Waals surface area contributed by atoms with Crippen LogP contribution in [-0.4, -0.2) is 64.8 Å². The van der Waals surface area contributed by atoms with Gasteiger partial charge in [-0.3, -0.25) is 9.36 Å². The maximum Gasteiger partial charge on any atom is 0.283 e. The molecule has 1 saturated heterocycles. The molecule has 0 aliphatic carbocycles. The van der Waals surface area contributed by atoms with Crippen molar-refractivity contribution in [2.24, 2.45) is 0 Å². The lowest BCUT2D eigenvalue weighted by Gasteiger charge is -2.35. The number of nitrogens with two attached hydrogens (primary N) is 1. The third kappa shape index (κ3) is 5.17. The fourth-order valence-corrected chi connectivity index (χ4v) is 5.18. The summed E-state index contributed by atoms with van der Waals surface area (Å²) in [5, 5.41) is 3.31. The number of aromatic nitrogens is 4. The lowest BCUT2D eigenvalue weighted by atomic mass is 10.1. The van der Waals surface area contributed by atoms with Crippen LogP contribution in [0.5, 0.6) is 5.75 Å².